The van der Waals surface area contributed by atoms with Gasteiger partial charge in [-0.05, 0) is 82.4 Å². The van der Waals surface area contributed by atoms with E-state index in [-0.39, 0.29) is 25.3 Å². The Hall–Kier alpha value is -3.81. The van der Waals surface area contributed by atoms with Crippen LogP contribution in [0.2, 0.25) is 0 Å². The minimum absolute atomic E-state index is 0.0714. The number of nitrogens with zero attached hydrogens (tertiary/aromatic N) is 5. The summed E-state index contributed by atoms with van der Waals surface area (Å²) >= 11 is 3.50. The molecule has 3 N–H and O–H groups in total. The van der Waals surface area contributed by atoms with Crippen LogP contribution >= 0.6 is 15.9 Å². The highest BCUT2D eigenvalue weighted by Crippen LogP contribution is 2.45. The first-order chi connectivity index (χ1) is 21.3. The van der Waals surface area contributed by atoms with Crippen LogP contribution in [0.3, 0.4) is 0 Å². The lowest BCUT2D eigenvalue weighted by Gasteiger charge is -2.30. The molecule has 0 radical (unpaired) electrons. The molecular weight excluding hydrogens is 646 g/mol. The fourth-order valence-electron chi connectivity index (χ4n) is 5.97. The Bertz CT molecular complexity index is 1500. The average molecular weight is 687 g/mol. The van der Waals surface area contributed by atoms with Crippen LogP contribution in [-0.4, -0.2) is 83.9 Å². The van der Waals surface area contributed by atoms with E-state index < -0.39 is 53.1 Å². The quantitative estimate of drug-likeness (QED) is 0.404. The number of carbonyl (C=O) groups excluding carboxylic acids is 3. The molecule has 1 saturated carbocycles. The number of nitrogens with one attached hydrogen (secondary N) is 2. The second-order valence-electron chi connectivity index (χ2n) is 13.1. The Morgan fingerprint density at radius 3 is 2.69 bits per heavy atom. The molecular formula is C31H40BrN7O6. The summed E-state index contributed by atoms with van der Waals surface area (Å²) in [6.07, 6.45) is 6.94. The van der Waals surface area contributed by atoms with Gasteiger partial charge < -0.3 is 25.4 Å². The van der Waals surface area contributed by atoms with Gasteiger partial charge in [-0.2, -0.15) is 4.80 Å². The predicted octanol–water partition coefficient (Wildman–Crippen LogP) is 3.93. The number of rotatable bonds is 4. The number of allylic oxidation sites excluding steroid dienone is 1. The molecule has 242 valence electrons. The van der Waals surface area contributed by atoms with Crippen LogP contribution in [0, 0.1) is 12.8 Å². The summed E-state index contributed by atoms with van der Waals surface area (Å²) in [6.45, 7) is 7.24. The van der Waals surface area contributed by atoms with E-state index in [4.69, 9.17) is 4.74 Å². The maximum atomic E-state index is 14.2. The fourth-order valence-corrected chi connectivity index (χ4v) is 6.22. The van der Waals surface area contributed by atoms with Gasteiger partial charge in [0.15, 0.2) is 0 Å². The number of alkyl carbamates (subject to hydrolysis) is 1. The fraction of sp³-hybridized carbons (Fsp3) is 0.581. The van der Waals surface area contributed by atoms with Gasteiger partial charge in [0.2, 0.25) is 17.6 Å². The molecule has 13 nitrogen and oxygen atoms in total. The number of benzene rings is 1. The van der Waals surface area contributed by atoms with Crippen LogP contribution < -0.4 is 10.6 Å². The van der Waals surface area contributed by atoms with Gasteiger partial charge in [-0.1, -0.05) is 40.9 Å². The van der Waals surface area contributed by atoms with Gasteiger partial charge in [0.1, 0.15) is 23.2 Å². The monoisotopic (exact) mass is 685 g/mol. The van der Waals surface area contributed by atoms with Crippen molar-refractivity contribution in [2.75, 3.05) is 6.54 Å². The van der Waals surface area contributed by atoms with Crippen molar-refractivity contribution in [3.8, 4) is 11.4 Å². The van der Waals surface area contributed by atoms with Gasteiger partial charge in [-0.3, -0.25) is 9.59 Å². The summed E-state index contributed by atoms with van der Waals surface area (Å²) in [5, 5.41) is 28.6. The number of aliphatic carboxylic acids is 1. The molecule has 0 unspecified atom stereocenters. The number of halogens is 1. The number of carboxylic acid groups (broad SMARTS) is 1. The van der Waals surface area contributed by atoms with Gasteiger partial charge in [-0.15, -0.1) is 10.2 Å². The van der Waals surface area contributed by atoms with Gasteiger partial charge in [0.25, 0.3) is 0 Å². The van der Waals surface area contributed by atoms with Crippen molar-refractivity contribution in [1.82, 2.24) is 35.7 Å². The maximum absolute atomic E-state index is 14.2. The second kappa shape index (κ2) is 12.9. The number of amides is 3. The number of carboxylic acids is 1. The molecule has 3 heterocycles. The van der Waals surface area contributed by atoms with E-state index in [1.54, 1.807) is 20.8 Å². The van der Waals surface area contributed by atoms with Crippen molar-refractivity contribution in [3.63, 3.8) is 0 Å². The Morgan fingerprint density at radius 1 is 1.20 bits per heavy atom. The van der Waals surface area contributed by atoms with E-state index in [1.807, 2.05) is 37.3 Å². The topological polar surface area (TPSA) is 169 Å². The molecule has 5 rings (SSSR count). The molecule has 1 aromatic heterocycles. The number of fused-ring (bicyclic) bond motifs is 2. The molecule has 1 aromatic carbocycles. The van der Waals surface area contributed by atoms with E-state index in [0.29, 0.717) is 18.7 Å². The van der Waals surface area contributed by atoms with Gasteiger partial charge in [-0.25, -0.2) is 9.59 Å². The molecule has 1 aliphatic carbocycles. The zero-order valence-corrected chi connectivity index (χ0v) is 27.5. The highest BCUT2D eigenvalue weighted by atomic mass is 79.9. The van der Waals surface area contributed by atoms with Crippen LogP contribution in [0.25, 0.3) is 11.4 Å². The number of ether oxygens (including phenoxy) is 1. The zero-order chi connectivity index (χ0) is 32.5. The van der Waals surface area contributed by atoms with E-state index in [0.717, 1.165) is 34.9 Å². The predicted molar refractivity (Wildman–Crippen MR) is 167 cm³/mol. The molecule has 2 aromatic rings. The minimum atomic E-state index is -1.42. The number of carbonyl (C=O) groups is 4. The summed E-state index contributed by atoms with van der Waals surface area (Å²) < 4.78 is 6.40. The SMILES string of the molecule is Cc1cc(-c2nnn([C@@H]3C[C@H]4C(=O)N[C@]5(C(=O)O)C[C@H]5C=CCCCCC[C@H](NC(=O)OC(C)(C)C)C(=O)N4C3)n2)ccc1Br. The summed E-state index contributed by atoms with van der Waals surface area (Å²) in [7, 11) is 0. The third kappa shape index (κ3) is 7.37. The van der Waals surface area contributed by atoms with Crippen molar-refractivity contribution < 1.29 is 29.0 Å². The van der Waals surface area contributed by atoms with Gasteiger partial charge in [0, 0.05) is 28.9 Å². The van der Waals surface area contributed by atoms with Crippen LogP contribution in [0.1, 0.15) is 77.3 Å². The number of tetrazole rings is 1. The Labute approximate surface area is 270 Å². The first kappa shape index (κ1) is 32.6. The first-order valence-electron chi connectivity index (χ1n) is 15.4. The highest BCUT2D eigenvalue weighted by Gasteiger charge is 2.61. The third-order valence-electron chi connectivity index (χ3n) is 8.50. The molecule has 1 saturated heterocycles. The van der Waals surface area contributed by atoms with Crippen molar-refractivity contribution in [2.45, 2.75) is 102 Å². The lowest BCUT2D eigenvalue weighted by molar-refractivity contribution is -0.145. The van der Waals surface area contributed by atoms with Crippen molar-refractivity contribution >= 4 is 39.8 Å². The molecule has 0 bridgehead atoms. The summed E-state index contributed by atoms with van der Waals surface area (Å²) in [5.41, 5.74) is -0.424. The van der Waals surface area contributed by atoms with E-state index in [1.165, 1.54) is 9.70 Å². The van der Waals surface area contributed by atoms with E-state index in [2.05, 4.69) is 42.0 Å². The van der Waals surface area contributed by atoms with Crippen LogP contribution in [-0.2, 0) is 19.1 Å². The number of hydrogen-bond acceptors (Lipinski definition) is 8. The summed E-state index contributed by atoms with van der Waals surface area (Å²) in [5.74, 6) is -2.07. The molecule has 2 aliphatic heterocycles. The standard InChI is InChI=1S/C31H40BrN7O6/c1-18-14-19(12-13-22(18)32)25-35-37-39(36-25)21-15-24-26(40)34-31(28(42)43)16-20(31)10-8-6-5-7-9-11-23(27(41)38(24)17-21)33-29(44)45-30(2,3)4/h8,10,12-14,20-21,23-24H,5-7,9,11,15-17H2,1-4H3,(H,33,44)(H,34,40)(H,42,43)/t20-,21-,23+,24+,31-/m1/s1. The Balaban J connectivity index is 1.45. The van der Waals surface area contributed by atoms with Crippen molar-refractivity contribution in [2.24, 2.45) is 5.92 Å². The second-order valence-corrected chi connectivity index (χ2v) is 14.0. The van der Waals surface area contributed by atoms with E-state index >= 15 is 0 Å². The zero-order valence-electron chi connectivity index (χ0n) is 26.0. The Kier molecular flexibility index (Phi) is 9.33. The smallest absolute Gasteiger partial charge is 0.408 e. The molecule has 5 atom stereocenters. The van der Waals surface area contributed by atoms with Gasteiger partial charge >= 0.3 is 12.1 Å². The van der Waals surface area contributed by atoms with Crippen molar-refractivity contribution in [3.05, 3.63) is 40.4 Å². The normalized spacial score (nSPS) is 27.4. The molecule has 14 heteroatoms. The molecule has 2 fully saturated rings. The maximum Gasteiger partial charge on any atom is 0.408 e. The number of aryl methyl sites for hydroxylation is 1. The van der Waals surface area contributed by atoms with Crippen LogP contribution in [0.4, 0.5) is 4.79 Å². The van der Waals surface area contributed by atoms with E-state index in [9.17, 15) is 24.3 Å². The molecule has 3 amide bonds. The average Bonchev–Trinajstić information content (AvgIpc) is 3.28. The highest BCUT2D eigenvalue weighted by molar-refractivity contribution is 9.10. The van der Waals surface area contributed by atoms with Gasteiger partial charge in [0.05, 0.1) is 6.04 Å². The van der Waals surface area contributed by atoms with Crippen molar-refractivity contribution in [1.29, 1.82) is 0 Å². The molecule has 0 spiro atoms. The lowest BCUT2D eigenvalue weighted by Crippen LogP contribution is -2.56. The summed E-state index contributed by atoms with van der Waals surface area (Å²) in [6, 6.07) is 3.23. The number of hydrogen-bond donors (Lipinski definition) is 3. The first-order valence-corrected chi connectivity index (χ1v) is 16.1. The van der Waals surface area contributed by atoms with Crippen LogP contribution in [0.5, 0.6) is 0 Å². The Morgan fingerprint density at radius 2 is 1.98 bits per heavy atom. The minimum Gasteiger partial charge on any atom is -0.479 e. The number of aromatic nitrogens is 4. The summed E-state index contributed by atoms with van der Waals surface area (Å²) in [4.78, 5) is 56.0. The molecule has 3 aliphatic rings. The van der Waals surface area contributed by atoms with Crippen LogP contribution in [0.15, 0.2) is 34.8 Å². The lowest BCUT2D eigenvalue weighted by atomic mass is 10.0. The third-order valence-corrected chi connectivity index (χ3v) is 9.39. The largest absolute Gasteiger partial charge is 0.479 e. The molecule has 45 heavy (non-hydrogen) atoms.